The van der Waals surface area contributed by atoms with Gasteiger partial charge in [0.15, 0.2) is 0 Å². The Bertz CT molecular complexity index is 281. The summed E-state index contributed by atoms with van der Waals surface area (Å²) in [6.07, 6.45) is 2.93. The lowest BCUT2D eigenvalue weighted by atomic mass is 10.1. The summed E-state index contributed by atoms with van der Waals surface area (Å²) in [6, 6.07) is 0.776. The Balaban J connectivity index is 1.89. The molecule has 0 aromatic heterocycles. The molecule has 0 radical (unpaired) electrons. The second-order valence-electron chi connectivity index (χ2n) is 5.34. The van der Waals surface area contributed by atoms with Gasteiger partial charge in [0.2, 0.25) is 5.91 Å². The van der Waals surface area contributed by atoms with Crippen molar-refractivity contribution in [3.63, 3.8) is 0 Å². The molecule has 5 heteroatoms. The summed E-state index contributed by atoms with van der Waals surface area (Å²) >= 11 is 2.00. The highest BCUT2D eigenvalue weighted by Gasteiger charge is 2.29. The molecule has 2 atom stereocenters. The Kier molecular flexibility index (Phi) is 5.33. The maximum atomic E-state index is 12.2. The maximum Gasteiger partial charge on any atom is 0.224 e. The summed E-state index contributed by atoms with van der Waals surface area (Å²) in [5.74, 6) is 2.63. The zero-order chi connectivity index (χ0) is 13.0. The van der Waals surface area contributed by atoms with E-state index in [0.717, 1.165) is 38.2 Å². The van der Waals surface area contributed by atoms with Crippen molar-refractivity contribution in [2.24, 2.45) is 5.73 Å². The predicted molar refractivity (Wildman–Crippen MR) is 76.8 cm³/mol. The Morgan fingerprint density at radius 2 is 2.11 bits per heavy atom. The van der Waals surface area contributed by atoms with Crippen molar-refractivity contribution < 1.29 is 4.79 Å². The van der Waals surface area contributed by atoms with Crippen LogP contribution in [-0.4, -0.2) is 65.5 Å². The molecule has 2 aliphatic heterocycles. The van der Waals surface area contributed by atoms with Gasteiger partial charge in [-0.2, -0.15) is 11.8 Å². The molecular weight excluding hydrogens is 246 g/mol. The number of thioether (sulfide) groups is 1. The molecule has 2 heterocycles. The molecule has 2 unspecified atom stereocenters. The van der Waals surface area contributed by atoms with Gasteiger partial charge in [-0.25, -0.2) is 0 Å². The average Bonchev–Trinajstić information content (AvgIpc) is 2.90. The third kappa shape index (κ3) is 3.39. The van der Waals surface area contributed by atoms with Crippen molar-refractivity contribution in [2.45, 2.75) is 38.3 Å². The summed E-state index contributed by atoms with van der Waals surface area (Å²) in [6.45, 7) is 5.80. The molecule has 0 aromatic carbocycles. The number of carbonyl (C=O) groups excluding carboxylic acids is 1. The molecule has 4 nitrogen and oxygen atoms in total. The van der Waals surface area contributed by atoms with Crippen LogP contribution in [0.15, 0.2) is 0 Å². The summed E-state index contributed by atoms with van der Waals surface area (Å²) in [5.41, 5.74) is 5.89. The minimum Gasteiger partial charge on any atom is -0.343 e. The number of likely N-dealkylation sites (tertiary alicyclic amines) is 1. The van der Waals surface area contributed by atoms with Crippen molar-refractivity contribution in [3.05, 3.63) is 0 Å². The third-order valence-electron chi connectivity index (χ3n) is 4.03. The molecule has 2 aliphatic rings. The van der Waals surface area contributed by atoms with Gasteiger partial charge in [-0.15, -0.1) is 0 Å². The van der Waals surface area contributed by atoms with Crippen molar-refractivity contribution in [2.75, 3.05) is 37.7 Å². The van der Waals surface area contributed by atoms with Crippen LogP contribution in [0, 0.1) is 0 Å². The summed E-state index contributed by atoms with van der Waals surface area (Å²) in [7, 11) is 0. The fraction of sp³-hybridized carbons (Fsp3) is 0.923. The molecule has 0 spiro atoms. The highest BCUT2D eigenvalue weighted by Crippen LogP contribution is 2.20. The summed E-state index contributed by atoms with van der Waals surface area (Å²) < 4.78 is 0. The molecular formula is C13H25N3OS. The predicted octanol–water partition coefficient (Wildman–Crippen LogP) is 0.764. The van der Waals surface area contributed by atoms with Crippen molar-refractivity contribution in [3.8, 4) is 0 Å². The molecule has 0 aromatic rings. The lowest BCUT2D eigenvalue weighted by molar-refractivity contribution is -0.131. The van der Waals surface area contributed by atoms with Gasteiger partial charge in [0.05, 0.1) is 0 Å². The van der Waals surface area contributed by atoms with E-state index in [1.165, 1.54) is 5.75 Å². The summed E-state index contributed by atoms with van der Waals surface area (Å²) in [5, 5.41) is 0. The van der Waals surface area contributed by atoms with E-state index in [1.807, 2.05) is 16.7 Å². The number of hydrogen-bond acceptors (Lipinski definition) is 4. The molecule has 2 saturated heterocycles. The number of rotatable bonds is 4. The third-order valence-corrected chi connectivity index (χ3v) is 5.22. The van der Waals surface area contributed by atoms with Gasteiger partial charge in [-0.1, -0.05) is 0 Å². The van der Waals surface area contributed by atoms with Crippen LogP contribution in [0.2, 0.25) is 0 Å². The van der Waals surface area contributed by atoms with Crippen LogP contribution < -0.4 is 5.73 Å². The fourth-order valence-corrected chi connectivity index (χ4v) is 3.95. The molecule has 0 aliphatic carbocycles. The second kappa shape index (κ2) is 6.78. The maximum absolute atomic E-state index is 12.2. The molecule has 2 rings (SSSR count). The van der Waals surface area contributed by atoms with Gasteiger partial charge in [-0.05, 0) is 19.8 Å². The zero-order valence-electron chi connectivity index (χ0n) is 11.3. The largest absolute Gasteiger partial charge is 0.343 e. The quantitative estimate of drug-likeness (QED) is 0.820. The van der Waals surface area contributed by atoms with Gasteiger partial charge in [-0.3, -0.25) is 9.69 Å². The first kappa shape index (κ1) is 14.2. The van der Waals surface area contributed by atoms with Gasteiger partial charge >= 0.3 is 0 Å². The standard InChI is InChI=1S/C13H25N3OS/c1-11-10-18-7-6-16(11)12(9-14)8-13(17)15-4-2-3-5-15/h11-12H,2-10,14H2,1H3. The lowest BCUT2D eigenvalue weighted by Gasteiger charge is -2.39. The monoisotopic (exact) mass is 271 g/mol. The van der Waals surface area contributed by atoms with Gasteiger partial charge < -0.3 is 10.6 Å². The van der Waals surface area contributed by atoms with Crippen LogP contribution >= 0.6 is 11.8 Å². The summed E-state index contributed by atoms with van der Waals surface area (Å²) in [4.78, 5) is 16.6. The number of nitrogens with zero attached hydrogens (tertiary/aromatic N) is 2. The first-order chi connectivity index (χ1) is 8.72. The first-order valence-electron chi connectivity index (χ1n) is 7.03. The van der Waals surface area contributed by atoms with Crippen molar-refractivity contribution >= 4 is 17.7 Å². The molecule has 104 valence electrons. The highest BCUT2D eigenvalue weighted by atomic mass is 32.2. The fourth-order valence-electron chi connectivity index (χ4n) is 2.92. The van der Waals surface area contributed by atoms with E-state index in [4.69, 9.17) is 5.73 Å². The number of hydrogen-bond donors (Lipinski definition) is 1. The van der Waals surface area contributed by atoms with Crippen LogP contribution in [-0.2, 0) is 4.79 Å². The molecule has 1 amide bonds. The Labute approximate surface area is 114 Å². The van der Waals surface area contributed by atoms with Crippen LogP contribution in [0.3, 0.4) is 0 Å². The SMILES string of the molecule is CC1CSCCN1C(CN)CC(=O)N1CCCC1. The number of carbonyl (C=O) groups is 1. The van der Waals surface area contributed by atoms with Crippen LogP contribution in [0.1, 0.15) is 26.2 Å². The van der Waals surface area contributed by atoms with Crippen molar-refractivity contribution in [1.82, 2.24) is 9.80 Å². The van der Waals surface area contributed by atoms with Gasteiger partial charge in [0.25, 0.3) is 0 Å². The molecule has 2 N–H and O–H groups in total. The van der Waals surface area contributed by atoms with Crippen LogP contribution in [0.5, 0.6) is 0 Å². The second-order valence-corrected chi connectivity index (χ2v) is 6.49. The molecule has 0 saturated carbocycles. The Hall–Kier alpha value is -0.260. The zero-order valence-corrected chi connectivity index (χ0v) is 12.1. The number of amides is 1. The molecule has 18 heavy (non-hydrogen) atoms. The van der Waals surface area contributed by atoms with Crippen LogP contribution in [0.25, 0.3) is 0 Å². The number of nitrogens with two attached hydrogens (primary N) is 1. The average molecular weight is 271 g/mol. The van der Waals surface area contributed by atoms with E-state index in [-0.39, 0.29) is 6.04 Å². The van der Waals surface area contributed by atoms with E-state index in [1.54, 1.807) is 0 Å². The lowest BCUT2D eigenvalue weighted by Crippen LogP contribution is -2.51. The topological polar surface area (TPSA) is 49.6 Å². The first-order valence-corrected chi connectivity index (χ1v) is 8.19. The van der Waals surface area contributed by atoms with Crippen molar-refractivity contribution in [1.29, 1.82) is 0 Å². The van der Waals surface area contributed by atoms with E-state index in [9.17, 15) is 4.79 Å². The van der Waals surface area contributed by atoms with Gasteiger partial charge in [0.1, 0.15) is 0 Å². The Morgan fingerprint density at radius 1 is 1.39 bits per heavy atom. The van der Waals surface area contributed by atoms with E-state index in [2.05, 4.69) is 11.8 Å². The molecule has 0 bridgehead atoms. The molecule has 2 fully saturated rings. The van der Waals surface area contributed by atoms with E-state index < -0.39 is 0 Å². The minimum absolute atomic E-state index is 0.231. The van der Waals surface area contributed by atoms with E-state index >= 15 is 0 Å². The van der Waals surface area contributed by atoms with Crippen LogP contribution in [0.4, 0.5) is 0 Å². The van der Waals surface area contributed by atoms with Gasteiger partial charge in [0, 0.05) is 56.2 Å². The smallest absolute Gasteiger partial charge is 0.224 e. The highest BCUT2D eigenvalue weighted by molar-refractivity contribution is 7.99. The normalized spacial score (nSPS) is 27.4. The minimum atomic E-state index is 0.231. The Morgan fingerprint density at radius 3 is 2.72 bits per heavy atom. The van der Waals surface area contributed by atoms with E-state index in [0.29, 0.717) is 24.9 Å².